The molecule has 0 radical (unpaired) electrons. The van der Waals surface area contributed by atoms with Gasteiger partial charge in [0.15, 0.2) is 0 Å². The van der Waals surface area contributed by atoms with Crippen LogP contribution in [0.1, 0.15) is 25.3 Å². The molecule has 0 aliphatic carbocycles. The van der Waals surface area contributed by atoms with E-state index >= 15 is 0 Å². The average molecular weight is 205 g/mol. The number of fused-ring (bicyclic) bond motifs is 1. The second kappa shape index (κ2) is 3.62. The Bertz CT molecular complexity index is 458. The van der Waals surface area contributed by atoms with Gasteiger partial charge in [0.25, 0.3) is 0 Å². The van der Waals surface area contributed by atoms with Gasteiger partial charge < -0.3 is 0 Å². The summed E-state index contributed by atoms with van der Waals surface area (Å²) in [4.78, 5) is 0. The number of hydrogen-bond acceptors (Lipinski definition) is 0. The fourth-order valence-corrected chi connectivity index (χ4v) is 1.77. The normalized spacial score (nSPS) is 11.1. The molecule has 0 nitrogen and oxygen atoms in total. The second-order valence-corrected chi connectivity index (χ2v) is 4.34. The summed E-state index contributed by atoms with van der Waals surface area (Å²) >= 11 is 5.92. The van der Waals surface area contributed by atoms with E-state index in [2.05, 4.69) is 38.1 Å². The van der Waals surface area contributed by atoms with Crippen molar-refractivity contribution < 1.29 is 0 Å². The highest BCUT2D eigenvalue weighted by molar-refractivity contribution is 6.31. The predicted molar refractivity (Wildman–Crippen MR) is 63.0 cm³/mol. The average Bonchev–Trinajstić information content (AvgIpc) is 2.16. The lowest BCUT2D eigenvalue weighted by Gasteiger charge is -2.06. The van der Waals surface area contributed by atoms with Crippen LogP contribution in [0.5, 0.6) is 0 Å². The van der Waals surface area contributed by atoms with Gasteiger partial charge in [-0.15, -0.1) is 0 Å². The molecule has 0 spiro atoms. The zero-order chi connectivity index (χ0) is 10.1. The van der Waals surface area contributed by atoms with E-state index in [9.17, 15) is 0 Å². The zero-order valence-electron chi connectivity index (χ0n) is 8.42. The molecule has 0 aliphatic rings. The highest BCUT2D eigenvalue weighted by Crippen LogP contribution is 2.23. The summed E-state index contributed by atoms with van der Waals surface area (Å²) in [5.41, 5.74) is 1.37. The smallest absolute Gasteiger partial charge is 0.0412 e. The molecule has 2 aromatic carbocycles. The van der Waals surface area contributed by atoms with Crippen molar-refractivity contribution in [2.75, 3.05) is 0 Å². The van der Waals surface area contributed by atoms with E-state index in [0.717, 1.165) is 5.02 Å². The van der Waals surface area contributed by atoms with Gasteiger partial charge in [0.05, 0.1) is 0 Å². The van der Waals surface area contributed by atoms with E-state index in [-0.39, 0.29) is 0 Å². The van der Waals surface area contributed by atoms with Crippen LogP contribution in [0.4, 0.5) is 0 Å². The molecule has 0 aromatic heterocycles. The van der Waals surface area contributed by atoms with Crippen LogP contribution in [-0.2, 0) is 0 Å². The summed E-state index contributed by atoms with van der Waals surface area (Å²) in [6, 6.07) is 12.6. The SMILES string of the molecule is CC(C)c1ccc2cc(Cl)ccc2c1. The van der Waals surface area contributed by atoms with Crippen LogP contribution in [-0.4, -0.2) is 0 Å². The Morgan fingerprint density at radius 1 is 0.929 bits per heavy atom. The zero-order valence-corrected chi connectivity index (χ0v) is 9.18. The third kappa shape index (κ3) is 1.76. The van der Waals surface area contributed by atoms with E-state index in [4.69, 9.17) is 11.6 Å². The highest BCUT2D eigenvalue weighted by atomic mass is 35.5. The number of halogens is 1. The lowest BCUT2D eigenvalue weighted by Crippen LogP contribution is -1.86. The molecule has 0 N–H and O–H groups in total. The van der Waals surface area contributed by atoms with E-state index < -0.39 is 0 Å². The summed E-state index contributed by atoms with van der Waals surface area (Å²) in [5, 5.41) is 3.28. The van der Waals surface area contributed by atoms with Gasteiger partial charge in [-0.3, -0.25) is 0 Å². The lowest BCUT2D eigenvalue weighted by atomic mass is 9.99. The fourth-order valence-electron chi connectivity index (χ4n) is 1.59. The maximum Gasteiger partial charge on any atom is 0.0412 e. The fraction of sp³-hybridized carbons (Fsp3) is 0.231. The van der Waals surface area contributed by atoms with Crippen LogP contribution in [0.2, 0.25) is 5.02 Å². The van der Waals surface area contributed by atoms with Crippen LogP contribution in [0.15, 0.2) is 36.4 Å². The Kier molecular flexibility index (Phi) is 2.47. The Labute approximate surface area is 89.5 Å². The topological polar surface area (TPSA) is 0 Å². The minimum absolute atomic E-state index is 0.579. The first kappa shape index (κ1) is 9.54. The summed E-state index contributed by atoms with van der Waals surface area (Å²) in [6.45, 7) is 4.41. The van der Waals surface area contributed by atoms with E-state index in [0.29, 0.717) is 5.92 Å². The first-order valence-corrected chi connectivity index (χ1v) is 5.24. The Balaban J connectivity index is 2.62. The Morgan fingerprint density at radius 3 is 2.29 bits per heavy atom. The van der Waals surface area contributed by atoms with E-state index in [1.54, 1.807) is 0 Å². The molecule has 0 saturated heterocycles. The van der Waals surface area contributed by atoms with Crippen molar-refractivity contribution in [3.63, 3.8) is 0 Å². The maximum atomic E-state index is 5.92. The van der Waals surface area contributed by atoms with Crippen LogP contribution in [0, 0.1) is 0 Å². The van der Waals surface area contributed by atoms with Crippen LogP contribution < -0.4 is 0 Å². The first-order chi connectivity index (χ1) is 6.66. The molecule has 0 amide bonds. The van der Waals surface area contributed by atoms with E-state index in [1.165, 1.54) is 16.3 Å². The molecular formula is C13H13Cl. The Hall–Kier alpha value is -1.01. The highest BCUT2D eigenvalue weighted by Gasteiger charge is 2.00. The van der Waals surface area contributed by atoms with Gasteiger partial charge in [-0.2, -0.15) is 0 Å². The molecule has 0 atom stereocenters. The molecule has 0 unspecified atom stereocenters. The number of hydrogen-bond donors (Lipinski definition) is 0. The summed E-state index contributed by atoms with van der Waals surface area (Å²) < 4.78 is 0. The van der Waals surface area contributed by atoms with Crippen molar-refractivity contribution in [2.45, 2.75) is 19.8 Å². The monoisotopic (exact) mass is 204 g/mol. The maximum absolute atomic E-state index is 5.92. The molecule has 0 aliphatic heterocycles. The van der Waals surface area contributed by atoms with Crippen molar-refractivity contribution >= 4 is 22.4 Å². The van der Waals surface area contributed by atoms with Crippen molar-refractivity contribution in [3.05, 3.63) is 47.0 Å². The summed E-state index contributed by atoms with van der Waals surface area (Å²) in [6.07, 6.45) is 0. The van der Waals surface area contributed by atoms with Gasteiger partial charge in [0.2, 0.25) is 0 Å². The van der Waals surface area contributed by atoms with Crippen LogP contribution in [0.25, 0.3) is 10.8 Å². The van der Waals surface area contributed by atoms with Crippen molar-refractivity contribution in [2.24, 2.45) is 0 Å². The van der Waals surface area contributed by atoms with Crippen molar-refractivity contribution in [1.82, 2.24) is 0 Å². The van der Waals surface area contributed by atoms with Gasteiger partial charge in [-0.05, 0) is 34.4 Å². The number of benzene rings is 2. The summed E-state index contributed by atoms with van der Waals surface area (Å²) in [7, 11) is 0. The minimum Gasteiger partial charge on any atom is -0.0843 e. The summed E-state index contributed by atoms with van der Waals surface area (Å²) in [5.74, 6) is 0.579. The van der Waals surface area contributed by atoms with E-state index in [1.807, 2.05) is 12.1 Å². The first-order valence-electron chi connectivity index (χ1n) is 4.86. The standard InChI is InChI=1S/C13H13Cl/c1-9(2)10-3-4-12-8-13(14)6-5-11(12)7-10/h3-9H,1-2H3. The van der Waals surface area contributed by atoms with Gasteiger partial charge in [0, 0.05) is 5.02 Å². The molecule has 2 aromatic rings. The minimum atomic E-state index is 0.579. The molecule has 14 heavy (non-hydrogen) atoms. The third-order valence-corrected chi connectivity index (χ3v) is 2.73. The molecule has 0 saturated carbocycles. The number of rotatable bonds is 1. The van der Waals surface area contributed by atoms with Gasteiger partial charge >= 0.3 is 0 Å². The van der Waals surface area contributed by atoms with Gasteiger partial charge in [-0.1, -0.05) is 49.7 Å². The Morgan fingerprint density at radius 2 is 1.57 bits per heavy atom. The van der Waals surface area contributed by atoms with Gasteiger partial charge in [0.1, 0.15) is 0 Å². The predicted octanol–water partition coefficient (Wildman–Crippen LogP) is 4.62. The molecule has 1 heteroatoms. The van der Waals surface area contributed by atoms with Crippen LogP contribution in [0.3, 0.4) is 0 Å². The van der Waals surface area contributed by atoms with Crippen molar-refractivity contribution in [1.29, 1.82) is 0 Å². The second-order valence-electron chi connectivity index (χ2n) is 3.91. The molecule has 2 rings (SSSR count). The molecule has 0 bridgehead atoms. The molecule has 0 fully saturated rings. The third-order valence-electron chi connectivity index (χ3n) is 2.49. The lowest BCUT2D eigenvalue weighted by molar-refractivity contribution is 0.869. The molecule has 0 heterocycles. The van der Waals surface area contributed by atoms with Crippen molar-refractivity contribution in [3.8, 4) is 0 Å². The van der Waals surface area contributed by atoms with Gasteiger partial charge in [-0.25, -0.2) is 0 Å². The molecular weight excluding hydrogens is 192 g/mol. The molecule has 72 valence electrons. The largest absolute Gasteiger partial charge is 0.0843 e. The van der Waals surface area contributed by atoms with Crippen LogP contribution >= 0.6 is 11.6 Å². The quantitative estimate of drug-likeness (QED) is 0.636.